The minimum atomic E-state index is -0.824. The zero-order chi connectivity index (χ0) is 22.7. The number of benzene rings is 1. The molecule has 31 heavy (non-hydrogen) atoms. The molecule has 6 heteroatoms. The molecule has 6 nitrogen and oxygen atoms in total. The lowest BCUT2D eigenvalue weighted by Gasteiger charge is -2.20. The number of unbranched alkanes of at least 4 members (excludes halogenated alkanes) is 6. The smallest absolute Gasteiger partial charge is 0.320 e. The Morgan fingerprint density at radius 1 is 0.903 bits per heavy atom. The van der Waals surface area contributed by atoms with Gasteiger partial charge < -0.3 is 20.3 Å². The monoisotopic (exact) mass is 435 g/mol. The van der Waals surface area contributed by atoms with Crippen LogP contribution in [0.5, 0.6) is 0 Å². The fourth-order valence-corrected chi connectivity index (χ4v) is 3.61. The van der Waals surface area contributed by atoms with Crippen molar-refractivity contribution in [3.05, 3.63) is 35.9 Å². The van der Waals surface area contributed by atoms with Gasteiger partial charge in [0.2, 0.25) is 0 Å². The van der Waals surface area contributed by atoms with Crippen LogP contribution in [0, 0.1) is 0 Å². The minimum absolute atomic E-state index is 0.120. The van der Waals surface area contributed by atoms with E-state index >= 15 is 0 Å². The van der Waals surface area contributed by atoms with Gasteiger partial charge in [-0.25, -0.2) is 0 Å². The second-order valence-electron chi connectivity index (χ2n) is 8.25. The highest BCUT2D eigenvalue weighted by molar-refractivity contribution is 5.73. The van der Waals surface area contributed by atoms with Gasteiger partial charge in [-0.2, -0.15) is 0 Å². The van der Waals surface area contributed by atoms with Crippen LogP contribution in [0.25, 0.3) is 0 Å². The summed E-state index contributed by atoms with van der Waals surface area (Å²) in [5.41, 5.74) is 1.15. The highest BCUT2D eigenvalue weighted by Gasteiger charge is 2.17. The zero-order valence-corrected chi connectivity index (χ0v) is 19.1. The van der Waals surface area contributed by atoms with Crippen molar-refractivity contribution in [1.29, 1.82) is 0 Å². The predicted molar refractivity (Wildman–Crippen MR) is 123 cm³/mol. The Labute approximate surface area is 187 Å². The average molecular weight is 436 g/mol. The Balaban J connectivity index is 2.36. The van der Waals surface area contributed by atoms with Gasteiger partial charge in [0.1, 0.15) is 6.04 Å². The first-order chi connectivity index (χ1) is 15.0. The molecule has 2 atom stereocenters. The van der Waals surface area contributed by atoms with E-state index in [1.807, 2.05) is 18.2 Å². The first kappa shape index (κ1) is 27.1. The molecule has 0 amide bonds. The molecule has 0 bridgehead atoms. The summed E-state index contributed by atoms with van der Waals surface area (Å²) in [4.78, 5) is 22.1. The summed E-state index contributed by atoms with van der Waals surface area (Å²) < 4.78 is 6.16. The molecule has 0 saturated heterocycles. The average Bonchev–Trinajstić information content (AvgIpc) is 2.75. The highest BCUT2D eigenvalue weighted by Crippen LogP contribution is 2.14. The largest absolute Gasteiger partial charge is 0.481 e. The first-order valence-corrected chi connectivity index (χ1v) is 11.9. The lowest BCUT2D eigenvalue weighted by Crippen LogP contribution is -2.38. The van der Waals surface area contributed by atoms with Gasteiger partial charge in [-0.1, -0.05) is 82.2 Å². The van der Waals surface area contributed by atoms with Gasteiger partial charge in [-0.3, -0.25) is 9.59 Å². The van der Waals surface area contributed by atoms with Crippen LogP contribution in [0.15, 0.2) is 30.3 Å². The molecule has 3 N–H and O–H groups in total. The number of rotatable bonds is 20. The maximum Gasteiger partial charge on any atom is 0.320 e. The zero-order valence-electron chi connectivity index (χ0n) is 19.1. The molecule has 1 aromatic rings. The molecule has 1 rings (SSSR count). The van der Waals surface area contributed by atoms with Crippen molar-refractivity contribution in [2.45, 2.75) is 103 Å². The molecule has 0 aliphatic carbocycles. The van der Waals surface area contributed by atoms with Gasteiger partial charge in [-0.15, -0.1) is 0 Å². The number of nitrogens with one attached hydrogen (secondary N) is 1. The Hall–Kier alpha value is -1.92. The summed E-state index contributed by atoms with van der Waals surface area (Å²) in [7, 11) is 0. The standard InChI is InChI=1S/C25H41NO5/c1-2-3-4-10-15-22(31-20-21-13-8-7-9-14-21)18-19-26-23(25(29)30)16-11-5-6-12-17-24(27)28/h7-9,13-14,22-23,26H,2-6,10-12,15-20H2,1H3,(H,27,28)(H,29,30). The summed E-state index contributed by atoms with van der Waals surface area (Å²) in [5, 5.41) is 21.3. The van der Waals surface area contributed by atoms with Gasteiger partial charge in [0.05, 0.1) is 12.7 Å². The summed E-state index contributed by atoms with van der Waals surface area (Å²) in [6, 6.07) is 9.57. The van der Waals surface area contributed by atoms with Crippen LogP contribution in [-0.2, 0) is 20.9 Å². The number of hydrogen-bond acceptors (Lipinski definition) is 4. The van der Waals surface area contributed by atoms with E-state index in [9.17, 15) is 14.7 Å². The molecule has 0 saturated carbocycles. The van der Waals surface area contributed by atoms with Crippen LogP contribution in [0.3, 0.4) is 0 Å². The molecule has 0 aromatic heterocycles. The lowest BCUT2D eigenvalue weighted by atomic mass is 10.0. The highest BCUT2D eigenvalue weighted by atomic mass is 16.5. The van der Waals surface area contributed by atoms with Crippen molar-refractivity contribution >= 4 is 11.9 Å². The fraction of sp³-hybridized carbons (Fsp3) is 0.680. The van der Waals surface area contributed by atoms with Crippen LogP contribution in [0.1, 0.15) is 89.5 Å². The summed E-state index contributed by atoms with van der Waals surface area (Å²) >= 11 is 0. The second-order valence-corrected chi connectivity index (χ2v) is 8.25. The molecule has 0 aliphatic heterocycles. The molecule has 176 valence electrons. The van der Waals surface area contributed by atoms with Crippen LogP contribution in [0.4, 0.5) is 0 Å². The van der Waals surface area contributed by atoms with Gasteiger partial charge in [0, 0.05) is 6.42 Å². The quantitative estimate of drug-likeness (QED) is 0.237. The normalized spacial score (nSPS) is 13.1. The number of ether oxygens (including phenoxy) is 1. The molecular weight excluding hydrogens is 394 g/mol. The second kappa shape index (κ2) is 17.7. The Bertz CT molecular complexity index is 593. The molecular formula is C25H41NO5. The number of carboxylic acid groups (broad SMARTS) is 2. The van der Waals surface area contributed by atoms with Gasteiger partial charge >= 0.3 is 11.9 Å². The van der Waals surface area contributed by atoms with Crippen LogP contribution >= 0.6 is 0 Å². The fourth-order valence-electron chi connectivity index (χ4n) is 3.61. The van der Waals surface area contributed by atoms with Crippen molar-refractivity contribution < 1.29 is 24.5 Å². The van der Waals surface area contributed by atoms with Gasteiger partial charge in [0.25, 0.3) is 0 Å². The Kier molecular flexibility index (Phi) is 15.5. The van der Waals surface area contributed by atoms with Crippen molar-refractivity contribution in [2.75, 3.05) is 6.54 Å². The number of hydrogen-bond donors (Lipinski definition) is 3. The van der Waals surface area contributed by atoms with E-state index in [1.54, 1.807) is 0 Å². The SMILES string of the molecule is CCCCCCC(CCNC(CCCCCCC(=O)O)C(=O)O)OCc1ccccc1. The van der Waals surface area contributed by atoms with E-state index in [-0.39, 0.29) is 12.5 Å². The Morgan fingerprint density at radius 3 is 2.26 bits per heavy atom. The van der Waals surface area contributed by atoms with Crippen LogP contribution < -0.4 is 5.32 Å². The van der Waals surface area contributed by atoms with E-state index < -0.39 is 18.0 Å². The van der Waals surface area contributed by atoms with E-state index in [2.05, 4.69) is 24.4 Å². The minimum Gasteiger partial charge on any atom is -0.481 e. The maximum absolute atomic E-state index is 11.6. The number of carboxylic acids is 2. The molecule has 0 aliphatic rings. The van der Waals surface area contributed by atoms with Crippen LogP contribution in [0.2, 0.25) is 0 Å². The van der Waals surface area contributed by atoms with Gasteiger partial charge in [0.15, 0.2) is 0 Å². The van der Waals surface area contributed by atoms with Gasteiger partial charge in [-0.05, 0) is 37.8 Å². The van der Waals surface area contributed by atoms with E-state index in [4.69, 9.17) is 9.84 Å². The van der Waals surface area contributed by atoms with E-state index in [0.717, 1.165) is 44.1 Å². The molecule has 0 fully saturated rings. The van der Waals surface area contributed by atoms with Crippen molar-refractivity contribution in [3.63, 3.8) is 0 Å². The lowest BCUT2D eigenvalue weighted by molar-refractivity contribution is -0.140. The summed E-state index contributed by atoms with van der Waals surface area (Å²) in [6.07, 6.45) is 10.5. The summed E-state index contributed by atoms with van der Waals surface area (Å²) in [5.74, 6) is -1.60. The first-order valence-electron chi connectivity index (χ1n) is 11.9. The molecule has 0 spiro atoms. The number of carbonyl (C=O) groups is 2. The molecule has 2 unspecified atom stereocenters. The summed E-state index contributed by atoms with van der Waals surface area (Å²) in [6.45, 7) is 3.40. The third-order valence-electron chi connectivity index (χ3n) is 5.50. The molecule has 0 heterocycles. The Morgan fingerprint density at radius 2 is 1.58 bits per heavy atom. The third kappa shape index (κ3) is 14.7. The van der Waals surface area contributed by atoms with Crippen molar-refractivity contribution in [2.24, 2.45) is 0 Å². The predicted octanol–water partition coefficient (Wildman–Crippen LogP) is 5.40. The van der Waals surface area contributed by atoms with Crippen molar-refractivity contribution in [3.8, 4) is 0 Å². The third-order valence-corrected chi connectivity index (χ3v) is 5.50. The van der Waals surface area contributed by atoms with E-state index in [1.165, 1.54) is 19.3 Å². The molecule has 0 radical (unpaired) electrons. The van der Waals surface area contributed by atoms with Crippen molar-refractivity contribution in [1.82, 2.24) is 5.32 Å². The molecule has 1 aromatic carbocycles. The number of aliphatic carboxylic acids is 2. The topological polar surface area (TPSA) is 95.9 Å². The van der Waals surface area contributed by atoms with Crippen LogP contribution in [-0.4, -0.2) is 40.8 Å². The van der Waals surface area contributed by atoms with E-state index in [0.29, 0.717) is 26.0 Å². The maximum atomic E-state index is 11.6.